The van der Waals surface area contributed by atoms with Gasteiger partial charge in [0, 0.05) is 32.8 Å². The average molecular weight is 695 g/mol. The molecule has 12 nitrogen and oxygen atoms in total. The zero-order chi connectivity index (χ0) is 36.7. The van der Waals surface area contributed by atoms with Gasteiger partial charge in [0.1, 0.15) is 0 Å². The quantitative estimate of drug-likeness (QED) is 0.0516. The van der Waals surface area contributed by atoms with Crippen molar-refractivity contribution in [1.29, 1.82) is 0 Å². The molecular weight excluding hydrogens is 624 g/mol. The highest BCUT2D eigenvalue weighted by Crippen LogP contribution is 2.61. The molecule has 2 N–H and O–H groups in total. The van der Waals surface area contributed by atoms with E-state index in [1.54, 1.807) is 27.7 Å². The minimum Gasteiger partial charge on any atom is -0.481 e. The Hall–Kier alpha value is -1.38. The van der Waals surface area contributed by atoms with Crippen molar-refractivity contribution in [2.24, 2.45) is 5.41 Å². The molecule has 0 aromatic rings. The van der Waals surface area contributed by atoms with Crippen LogP contribution < -0.4 is 0 Å². The molecule has 0 spiro atoms. The maximum Gasteiger partial charge on any atom is 0.321 e. The zero-order valence-electron chi connectivity index (χ0n) is 31.9. The van der Waals surface area contributed by atoms with Gasteiger partial charge in [-0.1, -0.05) is 54.4 Å². The summed E-state index contributed by atoms with van der Waals surface area (Å²) in [5.74, 6) is -10.3. The summed E-state index contributed by atoms with van der Waals surface area (Å²) >= 11 is 0. The molecule has 0 aliphatic heterocycles. The normalized spacial score (nSPS) is 16.3. The Morgan fingerprint density at radius 2 is 0.812 bits per heavy atom. The third kappa shape index (κ3) is 11.1. The van der Waals surface area contributed by atoms with E-state index in [9.17, 15) is 19.8 Å². The molecule has 0 amide bonds. The van der Waals surface area contributed by atoms with Crippen molar-refractivity contribution in [2.75, 3.05) is 52.9 Å². The van der Waals surface area contributed by atoms with Gasteiger partial charge in [-0.15, -0.1) is 0 Å². The smallest absolute Gasteiger partial charge is 0.321 e. The Balaban J connectivity index is 8.79. The van der Waals surface area contributed by atoms with Crippen molar-refractivity contribution in [3.63, 3.8) is 0 Å². The van der Waals surface area contributed by atoms with Gasteiger partial charge in [-0.2, -0.15) is 0 Å². The minimum absolute atomic E-state index is 0.0553. The number of rotatable bonds is 33. The molecule has 0 fully saturated rings. The first-order valence-electron chi connectivity index (χ1n) is 18.4. The van der Waals surface area contributed by atoms with Gasteiger partial charge >= 0.3 is 11.9 Å². The largest absolute Gasteiger partial charge is 0.481 e. The Morgan fingerprint density at radius 1 is 0.479 bits per heavy atom. The van der Waals surface area contributed by atoms with E-state index in [2.05, 4.69) is 0 Å². The van der Waals surface area contributed by atoms with Crippen LogP contribution in [0.2, 0.25) is 0 Å². The van der Waals surface area contributed by atoms with Crippen molar-refractivity contribution in [2.45, 2.75) is 163 Å². The molecule has 0 aliphatic rings. The first-order valence-corrected chi connectivity index (χ1v) is 18.4. The molecule has 0 saturated carbocycles. The molecule has 2 unspecified atom stereocenters. The second-order valence-corrected chi connectivity index (χ2v) is 12.2. The number of carbonyl (C=O) groups is 2. The molecule has 0 bridgehead atoms. The fourth-order valence-electron chi connectivity index (χ4n) is 6.24. The molecule has 0 saturated heterocycles. The summed E-state index contributed by atoms with van der Waals surface area (Å²) in [5.41, 5.74) is -2.28. The van der Waals surface area contributed by atoms with Crippen molar-refractivity contribution in [3.05, 3.63) is 0 Å². The van der Waals surface area contributed by atoms with Gasteiger partial charge < -0.3 is 48.1 Å². The van der Waals surface area contributed by atoms with Crippen LogP contribution in [0.25, 0.3) is 0 Å². The maximum absolute atomic E-state index is 14.8. The molecular formula is C36H70O12. The van der Waals surface area contributed by atoms with Crippen LogP contribution in [0, 0.1) is 5.41 Å². The number of carboxylic acid groups (broad SMARTS) is 2. The minimum atomic E-state index is -2.28. The van der Waals surface area contributed by atoms with Gasteiger partial charge in [0.05, 0.1) is 26.4 Å². The first-order chi connectivity index (χ1) is 22.8. The summed E-state index contributed by atoms with van der Waals surface area (Å²) in [7, 11) is 0. The van der Waals surface area contributed by atoms with Crippen LogP contribution in [0.4, 0.5) is 0 Å². The summed E-state index contributed by atoms with van der Waals surface area (Å²) in [6.45, 7) is 19.6. The fraction of sp³-hybridized carbons (Fsp3) is 0.944. The van der Waals surface area contributed by atoms with Crippen LogP contribution in [-0.2, 0) is 47.5 Å². The molecule has 48 heavy (non-hydrogen) atoms. The average Bonchev–Trinajstić information content (AvgIpc) is 3.05. The monoisotopic (exact) mass is 694 g/mol. The second kappa shape index (κ2) is 23.9. The van der Waals surface area contributed by atoms with Crippen LogP contribution in [0.3, 0.4) is 0 Å². The predicted octanol–water partition coefficient (Wildman–Crippen LogP) is 7.55. The van der Waals surface area contributed by atoms with Crippen LogP contribution in [0.15, 0.2) is 0 Å². The summed E-state index contributed by atoms with van der Waals surface area (Å²) < 4.78 is 53.4. The molecule has 0 aromatic carbocycles. The van der Waals surface area contributed by atoms with E-state index in [0.29, 0.717) is 51.4 Å². The molecule has 2 atom stereocenters. The van der Waals surface area contributed by atoms with E-state index in [1.165, 1.54) is 0 Å². The van der Waals surface area contributed by atoms with E-state index in [-0.39, 0.29) is 72.1 Å². The molecule has 0 heterocycles. The molecule has 0 rings (SSSR count). The summed E-state index contributed by atoms with van der Waals surface area (Å²) in [6.07, 6.45) is 4.11. The highest BCUT2D eigenvalue weighted by molar-refractivity contribution is 5.78. The highest BCUT2D eigenvalue weighted by Gasteiger charge is 2.83. The number of hydrogen-bond donors (Lipinski definition) is 2. The molecule has 0 aliphatic carbocycles. The summed E-state index contributed by atoms with van der Waals surface area (Å²) in [4.78, 5) is 26.2. The second-order valence-electron chi connectivity index (χ2n) is 12.2. The number of unbranched alkanes of at least 4 members (excludes halogenated alkanes) is 2. The van der Waals surface area contributed by atoms with Crippen molar-refractivity contribution in [3.8, 4) is 0 Å². The molecule has 12 heteroatoms. The van der Waals surface area contributed by atoms with Crippen LogP contribution >= 0.6 is 0 Å². The van der Waals surface area contributed by atoms with Gasteiger partial charge in [0.15, 0.2) is 5.41 Å². The van der Waals surface area contributed by atoms with Crippen molar-refractivity contribution < 1.29 is 57.7 Å². The van der Waals surface area contributed by atoms with Crippen LogP contribution in [0.5, 0.6) is 0 Å². The lowest BCUT2D eigenvalue weighted by Gasteiger charge is -2.62. The van der Waals surface area contributed by atoms with Gasteiger partial charge in [-0.3, -0.25) is 9.59 Å². The molecule has 286 valence electrons. The lowest BCUT2D eigenvalue weighted by atomic mass is 9.62. The zero-order valence-corrected chi connectivity index (χ0v) is 31.9. The van der Waals surface area contributed by atoms with Crippen molar-refractivity contribution >= 4 is 11.9 Å². The van der Waals surface area contributed by atoms with Crippen LogP contribution in [-0.4, -0.2) is 98.2 Å². The van der Waals surface area contributed by atoms with E-state index in [1.807, 2.05) is 41.5 Å². The first kappa shape index (κ1) is 46.6. The predicted molar refractivity (Wildman–Crippen MR) is 184 cm³/mol. The van der Waals surface area contributed by atoms with Gasteiger partial charge in [-0.05, 0) is 79.1 Å². The summed E-state index contributed by atoms with van der Waals surface area (Å²) in [5, 5.41) is 21.4. The molecule has 0 radical (unpaired) electrons. The Bertz CT molecular complexity index is 804. The van der Waals surface area contributed by atoms with E-state index >= 15 is 0 Å². The van der Waals surface area contributed by atoms with E-state index < -0.39 is 40.5 Å². The summed E-state index contributed by atoms with van der Waals surface area (Å²) in [6, 6.07) is 0. The van der Waals surface area contributed by atoms with Gasteiger partial charge in [-0.25, -0.2) is 0 Å². The lowest BCUT2D eigenvalue weighted by Crippen LogP contribution is -2.82. The Kier molecular flexibility index (Phi) is 23.2. The van der Waals surface area contributed by atoms with Crippen LogP contribution in [0.1, 0.15) is 140 Å². The lowest BCUT2D eigenvalue weighted by molar-refractivity contribution is -0.507. The van der Waals surface area contributed by atoms with Gasteiger partial charge in [0.25, 0.3) is 0 Å². The Labute approximate surface area is 290 Å². The Morgan fingerprint density at radius 3 is 1.08 bits per heavy atom. The van der Waals surface area contributed by atoms with E-state index in [0.717, 1.165) is 0 Å². The van der Waals surface area contributed by atoms with E-state index in [4.69, 9.17) is 37.9 Å². The van der Waals surface area contributed by atoms with Gasteiger partial charge in [0.2, 0.25) is 23.1 Å². The highest BCUT2D eigenvalue weighted by atomic mass is 16.8. The number of ether oxygens (including phenoxy) is 8. The maximum atomic E-state index is 14.8. The van der Waals surface area contributed by atoms with Crippen molar-refractivity contribution in [1.82, 2.24) is 0 Å². The molecule has 0 aromatic heterocycles. The third-order valence-electron chi connectivity index (χ3n) is 8.17. The number of hydrogen-bond acceptors (Lipinski definition) is 10. The third-order valence-corrected chi connectivity index (χ3v) is 8.17. The SMILES string of the molecule is CCCOC(C)(OCC)C(OCCC)(OCCC)C(CCCCCC(=O)O)(C(=O)O)C(OCCC)(OCCC)C(C)(OCC)OCCC. The number of carboxylic acids is 2. The topological polar surface area (TPSA) is 148 Å². The fourth-order valence-corrected chi connectivity index (χ4v) is 6.24. The standard InChI is InChI=1S/C36H70O12/c1-11-24-43-32(9,41-17-7)35(45-26-13-3,46-27-14-4)34(31(39)40,23-21-19-20-22-30(37)38)36(47-28-15-5,48-29-16-6)33(10,42-18-8)44-25-12-2/h11-29H2,1-10H3,(H,37,38)(H,39,40). The number of aliphatic carboxylic acids is 2.